The Balaban J connectivity index is 0. The van der Waals surface area contributed by atoms with Crippen molar-refractivity contribution in [3.63, 3.8) is 0 Å². The number of carboxylic acid groups (broad SMARTS) is 2. The van der Waals surface area contributed by atoms with Gasteiger partial charge in [0, 0.05) is 11.4 Å². The molecule has 0 aliphatic rings. The van der Waals surface area contributed by atoms with Crippen LogP contribution in [-0.4, -0.2) is 12.1 Å². The fourth-order valence-corrected chi connectivity index (χ4v) is 1.57. The molecule has 2 rings (SSSR count). The Morgan fingerprint density at radius 2 is 1.68 bits per heavy atom. The normalized spacial score (nSPS) is 8.32. The van der Waals surface area contributed by atoms with E-state index < -0.39 is 17.9 Å². The van der Waals surface area contributed by atoms with Gasteiger partial charge in [0.25, 0.3) is 5.91 Å². The Morgan fingerprint density at radius 3 is 2.20 bits per heavy atom. The van der Waals surface area contributed by atoms with E-state index in [9.17, 15) is 9.18 Å². The second kappa shape index (κ2) is 13.8. The SMILES string of the molecule is N#Cc1cc(NC(=O)c2ccccc2F)ccc1N.O=C([O-])[O-].[K+].[K+]. The molecule has 0 atom stereocenters. The molecule has 0 fully saturated rings. The van der Waals surface area contributed by atoms with Crippen molar-refractivity contribution in [3.8, 4) is 6.07 Å². The number of nitrogens with one attached hydrogen (secondary N) is 1. The van der Waals surface area contributed by atoms with Crippen LogP contribution in [0, 0.1) is 17.1 Å². The monoisotopic (exact) mass is 393 g/mol. The second-order valence-corrected chi connectivity index (χ2v) is 4.10. The van der Waals surface area contributed by atoms with Gasteiger partial charge < -0.3 is 26.1 Å². The van der Waals surface area contributed by atoms with Gasteiger partial charge in [-0.05, 0) is 36.5 Å². The predicted molar refractivity (Wildman–Crippen MR) is 75.3 cm³/mol. The Kier molecular flexibility index (Phi) is 14.9. The minimum atomic E-state index is -2.33. The number of nitrogen functional groups attached to an aromatic ring is 1. The third-order valence-corrected chi connectivity index (χ3v) is 2.55. The number of nitriles is 1. The zero-order valence-corrected chi connectivity index (χ0v) is 19.8. The number of amides is 1. The van der Waals surface area contributed by atoms with Crippen LogP contribution < -0.4 is 124 Å². The zero-order valence-electron chi connectivity index (χ0n) is 13.6. The van der Waals surface area contributed by atoms with Gasteiger partial charge in [-0.2, -0.15) is 5.26 Å². The van der Waals surface area contributed by atoms with E-state index >= 15 is 0 Å². The first-order valence-corrected chi connectivity index (χ1v) is 6.08. The number of hydrogen-bond donors (Lipinski definition) is 2. The number of carbonyl (C=O) groups excluding carboxylic acids is 2. The van der Waals surface area contributed by atoms with Crippen LogP contribution >= 0.6 is 0 Å². The fraction of sp³-hybridized carbons (Fsp3) is 0. The van der Waals surface area contributed by atoms with Crippen molar-refractivity contribution in [1.29, 1.82) is 5.26 Å². The topological polar surface area (TPSA) is 142 Å². The van der Waals surface area contributed by atoms with Crippen LogP contribution in [0.4, 0.5) is 20.6 Å². The summed E-state index contributed by atoms with van der Waals surface area (Å²) < 4.78 is 13.4. The first-order valence-electron chi connectivity index (χ1n) is 6.08. The first kappa shape index (κ1) is 26.9. The summed E-state index contributed by atoms with van der Waals surface area (Å²) in [6.07, 6.45) is -2.33. The summed E-state index contributed by atoms with van der Waals surface area (Å²) in [5.74, 6) is -1.18. The van der Waals surface area contributed by atoms with Crippen molar-refractivity contribution in [2.24, 2.45) is 0 Å². The molecule has 0 spiro atoms. The number of hydrogen-bond acceptors (Lipinski definition) is 6. The maximum Gasteiger partial charge on any atom is 1.00 e. The molecule has 2 aromatic carbocycles. The number of rotatable bonds is 2. The van der Waals surface area contributed by atoms with Crippen LogP contribution in [0.5, 0.6) is 0 Å². The summed E-state index contributed by atoms with van der Waals surface area (Å²) in [5, 5.41) is 28.0. The molecule has 1 amide bonds. The van der Waals surface area contributed by atoms with Gasteiger partial charge in [-0.1, -0.05) is 12.1 Å². The molecular weight excluding hydrogens is 383 g/mol. The molecule has 0 unspecified atom stereocenters. The smallest absolute Gasteiger partial charge is 0.652 e. The molecular formula is C15H10FK2N3O4. The average molecular weight is 393 g/mol. The second-order valence-electron chi connectivity index (χ2n) is 4.10. The first-order chi connectivity index (χ1) is 10.8. The van der Waals surface area contributed by atoms with Crippen LogP contribution in [0.25, 0.3) is 0 Å². The maximum absolute atomic E-state index is 13.4. The average Bonchev–Trinajstić information content (AvgIpc) is 2.49. The minimum absolute atomic E-state index is 0. The van der Waals surface area contributed by atoms with Crippen molar-refractivity contribution in [2.45, 2.75) is 0 Å². The largest absolute Gasteiger partial charge is 1.00 e. The van der Waals surface area contributed by atoms with Crippen LogP contribution in [-0.2, 0) is 0 Å². The molecule has 118 valence electrons. The van der Waals surface area contributed by atoms with Gasteiger partial charge in [0.1, 0.15) is 11.9 Å². The molecule has 0 radical (unpaired) electrons. The number of nitrogens with two attached hydrogens (primary N) is 1. The standard InChI is InChI=1S/C14H10FN3O.CH2O3.2K/c15-12-4-2-1-3-11(12)14(19)18-10-5-6-13(17)9(7-10)8-16;2-1(3)4;;/h1-7H,17H2,(H,18,19);(H2,2,3,4);;/q;;2*+1/p-2. The molecule has 2 aromatic rings. The number of carbonyl (C=O) groups is 2. The predicted octanol–water partition coefficient (Wildman–Crippen LogP) is -5.91. The molecule has 0 heterocycles. The molecule has 25 heavy (non-hydrogen) atoms. The molecule has 10 heteroatoms. The van der Waals surface area contributed by atoms with Crippen LogP contribution in [0.15, 0.2) is 42.5 Å². The molecule has 0 aromatic heterocycles. The summed E-state index contributed by atoms with van der Waals surface area (Å²) in [5.41, 5.74) is 6.48. The number of nitrogens with zero attached hydrogens (tertiary/aromatic N) is 1. The molecule has 7 nitrogen and oxygen atoms in total. The fourth-order valence-electron chi connectivity index (χ4n) is 1.57. The van der Waals surface area contributed by atoms with Gasteiger partial charge >= 0.3 is 103 Å². The Bertz CT molecular complexity index is 778. The van der Waals surface area contributed by atoms with Crippen molar-refractivity contribution in [1.82, 2.24) is 0 Å². The van der Waals surface area contributed by atoms with E-state index in [0.29, 0.717) is 11.4 Å². The minimum Gasteiger partial charge on any atom is -0.652 e. The summed E-state index contributed by atoms with van der Waals surface area (Å²) in [6.45, 7) is 0. The third kappa shape index (κ3) is 9.81. The van der Waals surface area contributed by atoms with E-state index in [1.165, 1.54) is 30.3 Å². The Labute approximate surface area is 228 Å². The number of anilines is 2. The summed E-state index contributed by atoms with van der Waals surface area (Å²) in [6, 6.07) is 12.1. The Hall–Kier alpha value is -0.327. The van der Waals surface area contributed by atoms with E-state index in [1.54, 1.807) is 12.1 Å². The summed E-state index contributed by atoms with van der Waals surface area (Å²) >= 11 is 0. The van der Waals surface area contributed by atoms with Crippen LogP contribution in [0.1, 0.15) is 15.9 Å². The maximum atomic E-state index is 13.4. The van der Waals surface area contributed by atoms with Crippen molar-refractivity contribution < 1.29 is 127 Å². The van der Waals surface area contributed by atoms with Gasteiger partial charge in [-0.3, -0.25) is 4.79 Å². The van der Waals surface area contributed by atoms with E-state index in [2.05, 4.69) is 5.32 Å². The molecule has 0 aliphatic carbocycles. The molecule has 0 saturated carbocycles. The van der Waals surface area contributed by atoms with Gasteiger partial charge in [0.2, 0.25) is 0 Å². The van der Waals surface area contributed by atoms with E-state index in [0.717, 1.165) is 0 Å². The van der Waals surface area contributed by atoms with Crippen molar-refractivity contribution in [3.05, 3.63) is 59.4 Å². The molecule has 0 saturated heterocycles. The molecule has 3 N–H and O–H groups in total. The summed E-state index contributed by atoms with van der Waals surface area (Å²) in [7, 11) is 0. The van der Waals surface area contributed by atoms with Crippen LogP contribution in [0.3, 0.4) is 0 Å². The van der Waals surface area contributed by atoms with Crippen LogP contribution in [0.2, 0.25) is 0 Å². The Morgan fingerprint density at radius 1 is 1.12 bits per heavy atom. The van der Waals surface area contributed by atoms with E-state index in [-0.39, 0.29) is 114 Å². The molecule has 0 bridgehead atoms. The van der Waals surface area contributed by atoms with E-state index in [1.807, 2.05) is 6.07 Å². The van der Waals surface area contributed by atoms with Crippen molar-refractivity contribution in [2.75, 3.05) is 11.1 Å². The van der Waals surface area contributed by atoms with Gasteiger partial charge in [-0.15, -0.1) is 0 Å². The van der Waals surface area contributed by atoms with Crippen molar-refractivity contribution >= 4 is 23.4 Å². The number of halogens is 1. The summed E-state index contributed by atoms with van der Waals surface area (Å²) in [4.78, 5) is 20.2. The number of benzene rings is 2. The zero-order chi connectivity index (χ0) is 17.4. The quantitative estimate of drug-likeness (QED) is 0.384. The van der Waals surface area contributed by atoms with Gasteiger partial charge in [0.15, 0.2) is 0 Å². The molecule has 0 aliphatic heterocycles. The van der Waals surface area contributed by atoms with E-state index in [4.69, 9.17) is 26.0 Å². The third-order valence-electron chi connectivity index (χ3n) is 2.55. The van der Waals surface area contributed by atoms with Gasteiger partial charge in [0.05, 0.1) is 11.1 Å². The van der Waals surface area contributed by atoms with Gasteiger partial charge in [-0.25, -0.2) is 4.39 Å².